The SMILES string of the molecule is CCOc1ccc(-n2c(SCC(=O)Nc3ccc(F)cc3)nc3ccccc3c2=O)cc1. The summed E-state index contributed by atoms with van der Waals surface area (Å²) in [4.78, 5) is 30.3. The maximum Gasteiger partial charge on any atom is 0.266 e. The molecule has 0 saturated heterocycles. The summed E-state index contributed by atoms with van der Waals surface area (Å²) in [5, 5.41) is 3.60. The number of thioether (sulfide) groups is 1. The van der Waals surface area contributed by atoms with Gasteiger partial charge in [-0.25, -0.2) is 9.37 Å². The molecule has 0 aliphatic heterocycles. The fourth-order valence-corrected chi connectivity index (χ4v) is 3.97. The molecule has 3 aromatic carbocycles. The lowest BCUT2D eigenvalue weighted by molar-refractivity contribution is -0.113. The fourth-order valence-electron chi connectivity index (χ4n) is 3.16. The van der Waals surface area contributed by atoms with Crippen molar-refractivity contribution in [2.75, 3.05) is 17.7 Å². The molecule has 0 spiro atoms. The number of hydrogen-bond donors (Lipinski definition) is 1. The fraction of sp³-hybridized carbons (Fsp3) is 0.125. The summed E-state index contributed by atoms with van der Waals surface area (Å²) in [5.41, 5.74) is 1.45. The highest BCUT2D eigenvalue weighted by molar-refractivity contribution is 7.99. The second kappa shape index (κ2) is 9.65. The van der Waals surface area contributed by atoms with Crippen LogP contribution in [0, 0.1) is 5.82 Å². The summed E-state index contributed by atoms with van der Waals surface area (Å²) in [7, 11) is 0. The van der Waals surface area contributed by atoms with E-state index in [1.807, 2.05) is 13.0 Å². The Kier molecular flexibility index (Phi) is 6.51. The molecule has 8 heteroatoms. The van der Waals surface area contributed by atoms with Gasteiger partial charge in [-0.05, 0) is 67.6 Å². The zero-order chi connectivity index (χ0) is 22.5. The predicted octanol–water partition coefficient (Wildman–Crippen LogP) is 4.65. The predicted molar refractivity (Wildman–Crippen MR) is 124 cm³/mol. The highest BCUT2D eigenvalue weighted by atomic mass is 32.2. The number of rotatable bonds is 7. The van der Waals surface area contributed by atoms with E-state index in [4.69, 9.17) is 4.74 Å². The second-order valence-corrected chi connectivity index (χ2v) is 7.77. The van der Waals surface area contributed by atoms with Crippen LogP contribution in [0.1, 0.15) is 6.92 Å². The van der Waals surface area contributed by atoms with E-state index in [0.29, 0.717) is 39.8 Å². The van der Waals surface area contributed by atoms with Crippen molar-refractivity contribution in [3.05, 3.63) is 89.0 Å². The van der Waals surface area contributed by atoms with Crippen LogP contribution in [0.4, 0.5) is 10.1 Å². The molecule has 1 N–H and O–H groups in total. The Bertz CT molecular complexity index is 1310. The first-order chi connectivity index (χ1) is 15.5. The summed E-state index contributed by atoms with van der Waals surface area (Å²) < 4.78 is 20.0. The Morgan fingerprint density at radius 1 is 1.06 bits per heavy atom. The van der Waals surface area contributed by atoms with E-state index in [1.54, 1.807) is 42.5 Å². The van der Waals surface area contributed by atoms with Crippen LogP contribution < -0.4 is 15.6 Å². The third-order valence-electron chi connectivity index (χ3n) is 4.61. The molecule has 1 amide bonds. The standard InChI is InChI=1S/C24H20FN3O3S/c1-2-31-19-13-11-18(12-14-19)28-23(30)20-5-3-4-6-21(20)27-24(28)32-15-22(29)26-17-9-7-16(25)8-10-17/h3-14H,2,15H2,1H3,(H,26,29). The molecule has 162 valence electrons. The number of nitrogens with zero attached hydrogens (tertiary/aromatic N) is 2. The summed E-state index contributed by atoms with van der Waals surface area (Å²) in [6, 6.07) is 19.8. The first kappa shape index (κ1) is 21.6. The van der Waals surface area contributed by atoms with E-state index < -0.39 is 0 Å². The number of nitrogens with one attached hydrogen (secondary N) is 1. The largest absolute Gasteiger partial charge is 0.494 e. The normalized spacial score (nSPS) is 10.8. The molecule has 32 heavy (non-hydrogen) atoms. The van der Waals surface area contributed by atoms with Crippen molar-refractivity contribution in [2.45, 2.75) is 12.1 Å². The van der Waals surface area contributed by atoms with Crippen LogP contribution >= 0.6 is 11.8 Å². The second-order valence-electron chi connectivity index (χ2n) is 6.82. The van der Waals surface area contributed by atoms with E-state index >= 15 is 0 Å². The minimum Gasteiger partial charge on any atom is -0.494 e. The number of benzene rings is 3. The number of fused-ring (bicyclic) bond motifs is 1. The molecule has 0 unspecified atom stereocenters. The Balaban J connectivity index is 1.64. The first-order valence-electron chi connectivity index (χ1n) is 9.98. The molecule has 6 nitrogen and oxygen atoms in total. The lowest BCUT2D eigenvalue weighted by atomic mass is 10.2. The van der Waals surface area contributed by atoms with Crippen molar-refractivity contribution in [3.63, 3.8) is 0 Å². The number of para-hydroxylation sites is 1. The number of carbonyl (C=O) groups excluding carboxylic acids is 1. The summed E-state index contributed by atoms with van der Waals surface area (Å²) in [6.07, 6.45) is 0. The van der Waals surface area contributed by atoms with Crippen LogP contribution in [0.5, 0.6) is 5.75 Å². The third-order valence-corrected chi connectivity index (χ3v) is 5.55. The molecule has 0 fully saturated rings. The van der Waals surface area contributed by atoms with Crippen molar-refractivity contribution in [1.29, 1.82) is 0 Å². The van der Waals surface area contributed by atoms with Crippen LogP contribution in [0.2, 0.25) is 0 Å². The van der Waals surface area contributed by atoms with Gasteiger partial charge in [-0.3, -0.25) is 14.2 Å². The van der Waals surface area contributed by atoms with E-state index in [1.165, 1.54) is 28.8 Å². The molecule has 1 heterocycles. The van der Waals surface area contributed by atoms with E-state index in [9.17, 15) is 14.0 Å². The molecule has 0 atom stereocenters. The molecular formula is C24H20FN3O3S. The van der Waals surface area contributed by atoms with Gasteiger partial charge in [-0.2, -0.15) is 0 Å². The van der Waals surface area contributed by atoms with Crippen molar-refractivity contribution >= 4 is 34.3 Å². The maximum absolute atomic E-state index is 13.3. The van der Waals surface area contributed by atoms with Gasteiger partial charge < -0.3 is 10.1 Å². The summed E-state index contributed by atoms with van der Waals surface area (Å²) >= 11 is 1.15. The lowest BCUT2D eigenvalue weighted by Gasteiger charge is -2.14. The van der Waals surface area contributed by atoms with Crippen molar-refractivity contribution in [2.24, 2.45) is 0 Å². The molecule has 0 aliphatic carbocycles. The minimum atomic E-state index is -0.378. The van der Waals surface area contributed by atoms with Crippen molar-refractivity contribution < 1.29 is 13.9 Å². The average Bonchev–Trinajstić information content (AvgIpc) is 2.80. The monoisotopic (exact) mass is 449 g/mol. The molecule has 4 aromatic rings. The van der Waals surface area contributed by atoms with Crippen molar-refractivity contribution in [1.82, 2.24) is 9.55 Å². The molecule has 0 saturated carbocycles. The number of aromatic nitrogens is 2. The van der Waals surface area contributed by atoms with Crippen LogP contribution in [0.25, 0.3) is 16.6 Å². The third kappa shape index (κ3) is 4.81. The number of amides is 1. The van der Waals surface area contributed by atoms with Gasteiger partial charge in [0, 0.05) is 5.69 Å². The average molecular weight is 450 g/mol. The van der Waals surface area contributed by atoms with Gasteiger partial charge in [0.25, 0.3) is 5.56 Å². The smallest absolute Gasteiger partial charge is 0.266 e. The highest BCUT2D eigenvalue weighted by Crippen LogP contribution is 2.23. The summed E-state index contributed by atoms with van der Waals surface area (Å²) in [6.45, 7) is 2.44. The van der Waals surface area contributed by atoms with Gasteiger partial charge in [0.05, 0.1) is 29.0 Å². The number of ether oxygens (including phenoxy) is 1. The Hall–Kier alpha value is -3.65. The quantitative estimate of drug-likeness (QED) is 0.328. The van der Waals surface area contributed by atoms with Crippen molar-refractivity contribution in [3.8, 4) is 11.4 Å². The van der Waals surface area contributed by atoms with E-state index in [-0.39, 0.29) is 23.0 Å². The highest BCUT2D eigenvalue weighted by Gasteiger charge is 2.15. The summed E-state index contributed by atoms with van der Waals surface area (Å²) in [5.74, 6) is 0.0597. The zero-order valence-electron chi connectivity index (χ0n) is 17.2. The Morgan fingerprint density at radius 3 is 2.50 bits per heavy atom. The topological polar surface area (TPSA) is 73.2 Å². The van der Waals surface area contributed by atoms with Crippen LogP contribution in [0.3, 0.4) is 0 Å². The number of carbonyl (C=O) groups is 1. The van der Waals surface area contributed by atoms with Gasteiger partial charge in [0.1, 0.15) is 11.6 Å². The van der Waals surface area contributed by atoms with Crippen LogP contribution in [0.15, 0.2) is 82.7 Å². The maximum atomic E-state index is 13.3. The zero-order valence-corrected chi connectivity index (χ0v) is 18.1. The van der Waals surface area contributed by atoms with Gasteiger partial charge in [0.2, 0.25) is 5.91 Å². The van der Waals surface area contributed by atoms with Gasteiger partial charge in [-0.15, -0.1) is 0 Å². The van der Waals surface area contributed by atoms with Gasteiger partial charge >= 0.3 is 0 Å². The molecule has 0 bridgehead atoms. The lowest BCUT2D eigenvalue weighted by Crippen LogP contribution is -2.23. The van der Waals surface area contributed by atoms with Crippen LogP contribution in [-0.4, -0.2) is 27.8 Å². The molecule has 0 aliphatic rings. The molecule has 1 aromatic heterocycles. The van der Waals surface area contributed by atoms with E-state index in [2.05, 4.69) is 10.3 Å². The molecule has 4 rings (SSSR count). The molecule has 0 radical (unpaired) electrons. The van der Waals surface area contributed by atoms with Crippen LogP contribution in [-0.2, 0) is 4.79 Å². The number of halogens is 1. The molecular weight excluding hydrogens is 429 g/mol. The number of hydrogen-bond acceptors (Lipinski definition) is 5. The Labute approximate surface area is 188 Å². The van der Waals surface area contributed by atoms with Gasteiger partial charge in [-0.1, -0.05) is 23.9 Å². The minimum absolute atomic E-state index is 0.0270. The van der Waals surface area contributed by atoms with E-state index in [0.717, 1.165) is 11.8 Å². The Morgan fingerprint density at radius 2 is 1.78 bits per heavy atom. The first-order valence-corrected chi connectivity index (χ1v) is 11.0. The van der Waals surface area contributed by atoms with Gasteiger partial charge in [0.15, 0.2) is 5.16 Å². The number of anilines is 1.